The van der Waals surface area contributed by atoms with Gasteiger partial charge in [0.1, 0.15) is 13.2 Å². The minimum Gasteiger partial charge on any atom is -0.462 e. The Balaban J connectivity index is 4.40. The Hall–Kier alpha value is -2.89. The molecule has 0 N–H and O–H groups in total. The zero-order valence-electron chi connectivity index (χ0n) is 47.9. The normalized spacial score (nSPS) is 12.4. The van der Waals surface area contributed by atoms with Crippen molar-refractivity contribution in [2.45, 2.75) is 329 Å². The van der Waals surface area contributed by atoms with Gasteiger partial charge in [-0.2, -0.15) is 0 Å². The number of ether oxygens (including phenoxy) is 3. The van der Waals surface area contributed by atoms with Gasteiger partial charge in [-0.15, -0.1) is 0 Å². The number of hydrogen-bond donors (Lipinski definition) is 0. The Labute approximate surface area is 447 Å². The third kappa shape index (κ3) is 58.0. The Kier molecular flexibility index (Phi) is 58.2. The SMILES string of the molecule is CCCCC\C=C/C=C\C=C/C=C\CCCCCCCC(=O)OC(COC(=O)CCCCCCCCC/C=C\CCCCCCCC)COC(=O)CCCCCCCCCCCCCCCCCCCCC. The Bertz CT molecular complexity index is 1290. The lowest BCUT2D eigenvalue weighted by molar-refractivity contribution is -0.167. The van der Waals surface area contributed by atoms with Crippen molar-refractivity contribution in [3.8, 4) is 0 Å². The van der Waals surface area contributed by atoms with Gasteiger partial charge in [0.05, 0.1) is 0 Å². The minimum absolute atomic E-state index is 0.0823. The van der Waals surface area contributed by atoms with Gasteiger partial charge in [-0.1, -0.05) is 293 Å². The lowest BCUT2D eigenvalue weighted by atomic mass is 10.0. The summed E-state index contributed by atoms with van der Waals surface area (Å²) in [5.41, 5.74) is 0. The van der Waals surface area contributed by atoms with Gasteiger partial charge in [0.15, 0.2) is 6.10 Å². The van der Waals surface area contributed by atoms with Crippen LogP contribution < -0.4 is 0 Å². The molecule has 1 unspecified atom stereocenters. The highest BCUT2D eigenvalue weighted by atomic mass is 16.6. The molecule has 0 aliphatic heterocycles. The number of hydrogen-bond acceptors (Lipinski definition) is 6. The van der Waals surface area contributed by atoms with Gasteiger partial charge in [0.2, 0.25) is 0 Å². The summed E-state index contributed by atoms with van der Waals surface area (Å²) < 4.78 is 16.9. The monoisotopic (exact) mass is 1010 g/mol. The maximum absolute atomic E-state index is 12.9. The molecule has 1 atom stereocenters. The van der Waals surface area contributed by atoms with Crippen LogP contribution in [-0.4, -0.2) is 37.2 Å². The first-order valence-corrected chi connectivity index (χ1v) is 31.3. The predicted molar refractivity (Wildman–Crippen MR) is 312 cm³/mol. The molecule has 0 amide bonds. The second kappa shape index (κ2) is 60.7. The summed E-state index contributed by atoms with van der Waals surface area (Å²) in [6, 6.07) is 0. The molecule has 0 spiro atoms. The van der Waals surface area contributed by atoms with E-state index in [1.54, 1.807) is 0 Å². The number of carbonyl (C=O) groups is 3. The Morgan fingerprint density at radius 1 is 0.278 bits per heavy atom. The van der Waals surface area contributed by atoms with Crippen LogP contribution in [0.25, 0.3) is 0 Å². The molecule has 0 saturated carbocycles. The van der Waals surface area contributed by atoms with Crippen molar-refractivity contribution in [1.29, 1.82) is 0 Å². The molecule has 0 rings (SSSR count). The molecule has 0 saturated heterocycles. The van der Waals surface area contributed by atoms with E-state index in [-0.39, 0.29) is 31.1 Å². The van der Waals surface area contributed by atoms with Crippen molar-refractivity contribution < 1.29 is 28.6 Å². The van der Waals surface area contributed by atoms with Gasteiger partial charge in [-0.3, -0.25) is 14.4 Å². The fourth-order valence-corrected chi connectivity index (χ4v) is 9.10. The number of carbonyl (C=O) groups excluding carboxylic acids is 3. The van der Waals surface area contributed by atoms with Crippen molar-refractivity contribution in [3.05, 3.63) is 60.8 Å². The smallest absolute Gasteiger partial charge is 0.306 e. The van der Waals surface area contributed by atoms with Crippen LogP contribution in [0.4, 0.5) is 0 Å². The van der Waals surface area contributed by atoms with E-state index in [0.717, 1.165) is 83.5 Å². The van der Waals surface area contributed by atoms with Gasteiger partial charge < -0.3 is 14.2 Å². The Morgan fingerprint density at radius 3 is 0.847 bits per heavy atom. The molecule has 0 aromatic heterocycles. The van der Waals surface area contributed by atoms with Crippen LogP contribution in [-0.2, 0) is 28.6 Å². The van der Waals surface area contributed by atoms with Crippen molar-refractivity contribution in [2.24, 2.45) is 0 Å². The maximum Gasteiger partial charge on any atom is 0.306 e. The lowest BCUT2D eigenvalue weighted by Gasteiger charge is -2.18. The van der Waals surface area contributed by atoms with Gasteiger partial charge in [0.25, 0.3) is 0 Å². The van der Waals surface area contributed by atoms with E-state index in [0.29, 0.717) is 19.3 Å². The Morgan fingerprint density at radius 2 is 0.514 bits per heavy atom. The molecule has 0 radical (unpaired) electrons. The van der Waals surface area contributed by atoms with Crippen LogP contribution >= 0.6 is 0 Å². The zero-order chi connectivity index (χ0) is 52.2. The standard InChI is InChI=1S/C66H118O6/c1-4-7-10-13-16-19-22-25-28-31-33-36-38-41-44-47-50-53-56-59-65(68)71-62-63(61-70-64(67)58-55-52-49-46-43-40-37-34-30-27-24-21-18-15-12-9-6-3)72-66(69)60-57-54-51-48-45-42-39-35-32-29-26-23-20-17-14-11-8-5-2/h17,20,23,26-27,29-30,32,35,39,63H,4-16,18-19,21-22,24-25,28,31,33-34,36-38,40-62H2,1-3H3/b20-17-,26-23-,30-27-,32-29-,39-35-. The first-order chi connectivity index (χ1) is 35.5. The molecule has 0 aromatic rings. The van der Waals surface area contributed by atoms with Crippen molar-refractivity contribution in [3.63, 3.8) is 0 Å². The molecule has 0 bridgehead atoms. The molecule has 0 aliphatic rings. The van der Waals surface area contributed by atoms with Crippen LogP contribution in [0.3, 0.4) is 0 Å². The van der Waals surface area contributed by atoms with Gasteiger partial charge in [0, 0.05) is 19.3 Å². The van der Waals surface area contributed by atoms with E-state index in [1.807, 2.05) is 0 Å². The quantitative estimate of drug-likeness (QED) is 0.0199. The molecule has 72 heavy (non-hydrogen) atoms. The van der Waals surface area contributed by atoms with Gasteiger partial charge in [-0.05, 0) is 70.6 Å². The fraction of sp³-hybridized carbons (Fsp3) is 0.803. The average molecular weight is 1010 g/mol. The third-order valence-corrected chi connectivity index (χ3v) is 13.8. The average Bonchev–Trinajstić information content (AvgIpc) is 3.38. The van der Waals surface area contributed by atoms with E-state index >= 15 is 0 Å². The summed E-state index contributed by atoms with van der Waals surface area (Å²) in [5.74, 6) is -0.892. The highest BCUT2D eigenvalue weighted by Crippen LogP contribution is 2.17. The topological polar surface area (TPSA) is 78.9 Å². The largest absolute Gasteiger partial charge is 0.462 e. The summed E-state index contributed by atoms with van der Waals surface area (Å²) in [6.07, 6.45) is 76.4. The molecular formula is C66H118O6. The van der Waals surface area contributed by atoms with Crippen LogP contribution in [0.5, 0.6) is 0 Å². The second-order valence-electron chi connectivity index (χ2n) is 21.1. The summed E-state index contributed by atoms with van der Waals surface area (Å²) >= 11 is 0. The second-order valence-corrected chi connectivity index (χ2v) is 21.1. The molecule has 6 heteroatoms. The maximum atomic E-state index is 12.9. The molecular weight excluding hydrogens is 889 g/mol. The van der Waals surface area contributed by atoms with E-state index in [1.165, 1.54) is 199 Å². The zero-order valence-corrected chi connectivity index (χ0v) is 47.9. The molecule has 0 aromatic carbocycles. The van der Waals surface area contributed by atoms with E-state index < -0.39 is 6.10 Å². The summed E-state index contributed by atoms with van der Waals surface area (Å²) in [7, 11) is 0. The van der Waals surface area contributed by atoms with E-state index in [2.05, 4.69) is 81.5 Å². The predicted octanol–water partition coefficient (Wildman–Crippen LogP) is 21.2. The highest BCUT2D eigenvalue weighted by molar-refractivity contribution is 5.71. The highest BCUT2D eigenvalue weighted by Gasteiger charge is 2.19. The number of unbranched alkanes of at least 4 members (excludes halogenated alkanes) is 39. The van der Waals surface area contributed by atoms with Crippen molar-refractivity contribution >= 4 is 17.9 Å². The molecule has 6 nitrogen and oxygen atoms in total. The first kappa shape index (κ1) is 69.1. The third-order valence-electron chi connectivity index (χ3n) is 13.8. The number of allylic oxidation sites excluding steroid dienone is 10. The van der Waals surface area contributed by atoms with E-state index in [4.69, 9.17) is 14.2 Å². The van der Waals surface area contributed by atoms with Crippen LogP contribution in [0.15, 0.2) is 60.8 Å². The minimum atomic E-state index is -0.788. The summed E-state index contributed by atoms with van der Waals surface area (Å²) in [5, 5.41) is 0. The molecule has 0 heterocycles. The van der Waals surface area contributed by atoms with Gasteiger partial charge in [-0.25, -0.2) is 0 Å². The first-order valence-electron chi connectivity index (χ1n) is 31.3. The van der Waals surface area contributed by atoms with Crippen LogP contribution in [0.2, 0.25) is 0 Å². The summed E-state index contributed by atoms with van der Waals surface area (Å²) in [4.78, 5) is 38.3. The van der Waals surface area contributed by atoms with Crippen molar-refractivity contribution in [1.82, 2.24) is 0 Å². The summed E-state index contributed by atoms with van der Waals surface area (Å²) in [6.45, 7) is 6.62. The fourth-order valence-electron chi connectivity index (χ4n) is 9.10. The number of esters is 3. The molecule has 418 valence electrons. The van der Waals surface area contributed by atoms with Gasteiger partial charge >= 0.3 is 17.9 Å². The number of rotatable bonds is 57. The van der Waals surface area contributed by atoms with E-state index in [9.17, 15) is 14.4 Å². The molecule has 0 aliphatic carbocycles. The van der Waals surface area contributed by atoms with Crippen molar-refractivity contribution in [2.75, 3.05) is 13.2 Å². The van der Waals surface area contributed by atoms with Crippen LogP contribution in [0.1, 0.15) is 323 Å². The molecule has 0 fully saturated rings. The van der Waals surface area contributed by atoms with Crippen LogP contribution in [0, 0.1) is 0 Å². The lowest BCUT2D eigenvalue weighted by Crippen LogP contribution is -2.30.